The Morgan fingerprint density at radius 3 is 2.41 bits per heavy atom. The lowest BCUT2D eigenvalue weighted by Gasteiger charge is -2.14. The van der Waals surface area contributed by atoms with Crippen molar-refractivity contribution < 1.29 is 9.53 Å². The first kappa shape index (κ1) is 19.4. The minimum atomic E-state index is -0.110. The summed E-state index contributed by atoms with van der Waals surface area (Å²) < 4.78 is 6.58. The number of thiocarbonyl (C=S) groups is 1. The molecule has 5 heteroatoms. The summed E-state index contributed by atoms with van der Waals surface area (Å²) in [6.07, 6.45) is 1.87. The number of thioether (sulfide) groups is 1. The van der Waals surface area contributed by atoms with E-state index in [2.05, 4.69) is 0 Å². The average Bonchev–Trinajstić information content (AvgIpc) is 3.02. The molecule has 0 saturated carbocycles. The number of rotatable bonds is 5. The monoisotopic (exact) mass is 417 g/mol. The zero-order valence-corrected chi connectivity index (χ0v) is 17.5. The van der Waals surface area contributed by atoms with E-state index >= 15 is 0 Å². The molecule has 1 heterocycles. The SMILES string of the molecule is Cc1ccc(OCc2ccccc2)c(C=C2SC(=S)N(c3ccccc3)C2=O)c1. The first-order valence-electron chi connectivity index (χ1n) is 9.22. The van der Waals surface area contributed by atoms with Gasteiger partial charge < -0.3 is 4.74 Å². The van der Waals surface area contributed by atoms with Crippen LogP contribution in [0, 0.1) is 6.92 Å². The Bertz CT molecular complexity index is 1080. The van der Waals surface area contributed by atoms with Gasteiger partial charge in [-0.2, -0.15) is 0 Å². The van der Waals surface area contributed by atoms with Crippen molar-refractivity contribution in [1.82, 2.24) is 0 Å². The van der Waals surface area contributed by atoms with Gasteiger partial charge in [0.1, 0.15) is 12.4 Å². The van der Waals surface area contributed by atoms with Crippen molar-refractivity contribution in [2.75, 3.05) is 4.90 Å². The minimum absolute atomic E-state index is 0.110. The van der Waals surface area contributed by atoms with Gasteiger partial charge in [0.2, 0.25) is 0 Å². The van der Waals surface area contributed by atoms with E-state index in [0.29, 0.717) is 15.8 Å². The molecule has 0 spiro atoms. The highest BCUT2D eigenvalue weighted by molar-refractivity contribution is 8.27. The van der Waals surface area contributed by atoms with E-state index in [1.54, 1.807) is 4.90 Å². The molecule has 144 valence electrons. The van der Waals surface area contributed by atoms with E-state index in [1.165, 1.54) is 11.8 Å². The fraction of sp³-hybridized carbons (Fsp3) is 0.0833. The Morgan fingerprint density at radius 2 is 1.69 bits per heavy atom. The molecule has 3 nitrogen and oxygen atoms in total. The zero-order chi connectivity index (χ0) is 20.2. The Kier molecular flexibility index (Phi) is 5.79. The Hall–Kier alpha value is -2.89. The third-order valence-corrected chi connectivity index (χ3v) is 5.80. The topological polar surface area (TPSA) is 29.5 Å². The predicted molar refractivity (Wildman–Crippen MR) is 124 cm³/mol. The van der Waals surface area contributed by atoms with Gasteiger partial charge in [-0.05, 0) is 42.8 Å². The average molecular weight is 418 g/mol. The highest BCUT2D eigenvalue weighted by atomic mass is 32.2. The van der Waals surface area contributed by atoms with Gasteiger partial charge in [-0.3, -0.25) is 9.69 Å². The number of aryl methyl sites for hydroxylation is 1. The molecule has 0 bridgehead atoms. The van der Waals surface area contributed by atoms with Crippen molar-refractivity contribution in [2.24, 2.45) is 0 Å². The summed E-state index contributed by atoms with van der Waals surface area (Å²) in [6, 6.07) is 25.5. The van der Waals surface area contributed by atoms with Crippen molar-refractivity contribution in [1.29, 1.82) is 0 Å². The molecular weight excluding hydrogens is 398 g/mol. The number of amides is 1. The van der Waals surface area contributed by atoms with Crippen molar-refractivity contribution >= 4 is 46.0 Å². The van der Waals surface area contributed by atoms with E-state index in [0.717, 1.165) is 28.1 Å². The second kappa shape index (κ2) is 8.64. The largest absolute Gasteiger partial charge is 0.488 e. The lowest BCUT2D eigenvalue weighted by Crippen LogP contribution is -2.27. The lowest BCUT2D eigenvalue weighted by atomic mass is 10.1. The quantitative estimate of drug-likeness (QED) is 0.377. The smallest absolute Gasteiger partial charge is 0.270 e. The molecule has 3 aromatic carbocycles. The third kappa shape index (κ3) is 4.42. The fourth-order valence-electron chi connectivity index (χ4n) is 3.06. The molecule has 3 aromatic rings. The summed E-state index contributed by atoms with van der Waals surface area (Å²) in [5.74, 6) is 0.631. The number of hydrogen-bond acceptors (Lipinski definition) is 4. The zero-order valence-electron chi connectivity index (χ0n) is 15.9. The Labute approximate surface area is 180 Å². The number of anilines is 1. The maximum Gasteiger partial charge on any atom is 0.270 e. The fourth-order valence-corrected chi connectivity index (χ4v) is 4.35. The van der Waals surface area contributed by atoms with Crippen LogP contribution in [0.3, 0.4) is 0 Å². The standard InChI is InChI=1S/C24H19NO2S2/c1-17-12-13-21(27-16-18-8-4-2-5-9-18)19(14-17)15-22-23(26)25(24(28)29-22)20-10-6-3-7-11-20/h2-15H,16H2,1H3. The highest BCUT2D eigenvalue weighted by Crippen LogP contribution is 2.37. The summed E-state index contributed by atoms with van der Waals surface area (Å²) in [7, 11) is 0. The molecule has 29 heavy (non-hydrogen) atoms. The van der Waals surface area contributed by atoms with E-state index in [-0.39, 0.29) is 5.91 Å². The van der Waals surface area contributed by atoms with E-state index in [4.69, 9.17) is 17.0 Å². The van der Waals surface area contributed by atoms with Crippen molar-refractivity contribution in [3.63, 3.8) is 0 Å². The number of para-hydroxylation sites is 1. The maximum atomic E-state index is 13.0. The van der Waals surface area contributed by atoms with E-state index in [9.17, 15) is 4.79 Å². The molecule has 4 rings (SSSR count). The molecule has 1 amide bonds. The van der Waals surface area contributed by atoms with E-state index < -0.39 is 0 Å². The molecular formula is C24H19NO2S2. The van der Waals surface area contributed by atoms with E-state index in [1.807, 2.05) is 91.9 Å². The van der Waals surface area contributed by atoms with Crippen LogP contribution in [0.2, 0.25) is 0 Å². The molecule has 1 aliphatic heterocycles. The van der Waals surface area contributed by atoms with Gasteiger partial charge in [-0.15, -0.1) is 0 Å². The van der Waals surface area contributed by atoms with Gasteiger partial charge in [0, 0.05) is 5.56 Å². The van der Waals surface area contributed by atoms with Crippen LogP contribution in [-0.2, 0) is 11.4 Å². The second-order valence-corrected chi connectivity index (χ2v) is 8.34. The van der Waals surface area contributed by atoms with Crippen LogP contribution in [0.1, 0.15) is 16.7 Å². The molecule has 0 unspecified atom stereocenters. The molecule has 0 N–H and O–H groups in total. The minimum Gasteiger partial charge on any atom is -0.488 e. The van der Waals surface area contributed by atoms with Crippen LogP contribution >= 0.6 is 24.0 Å². The molecule has 0 aliphatic carbocycles. The maximum absolute atomic E-state index is 13.0. The van der Waals surface area contributed by atoms with Gasteiger partial charge in [0.05, 0.1) is 10.6 Å². The summed E-state index contributed by atoms with van der Waals surface area (Å²) in [4.78, 5) is 15.2. The predicted octanol–water partition coefficient (Wildman–Crippen LogP) is 5.98. The number of carbonyl (C=O) groups is 1. The van der Waals surface area contributed by atoms with Gasteiger partial charge in [0.15, 0.2) is 4.32 Å². The summed E-state index contributed by atoms with van der Waals surface area (Å²) in [6.45, 7) is 2.49. The van der Waals surface area contributed by atoms with Crippen LogP contribution in [0.5, 0.6) is 5.75 Å². The summed E-state index contributed by atoms with van der Waals surface area (Å²) >= 11 is 6.78. The first-order valence-corrected chi connectivity index (χ1v) is 10.4. The Balaban J connectivity index is 1.61. The molecule has 0 aromatic heterocycles. The summed E-state index contributed by atoms with van der Waals surface area (Å²) in [5.41, 5.74) is 3.84. The van der Waals surface area contributed by atoms with Crippen molar-refractivity contribution in [3.8, 4) is 5.75 Å². The Morgan fingerprint density at radius 1 is 1.00 bits per heavy atom. The van der Waals surface area contributed by atoms with Crippen LogP contribution in [0.25, 0.3) is 6.08 Å². The molecule has 1 fully saturated rings. The number of ether oxygens (including phenoxy) is 1. The molecule has 1 saturated heterocycles. The normalized spacial score (nSPS) is 15.2. The van der Waals surface area contributed by atoms with Crippen molar-refractivity contribution in [2.45, 2.75) is 13.5 Å². The van der Waals surface area contributed by atoms with Crippen molar-refractivity contribution in [3.05, 3.63) is 100 Å². The number of carbonyl (C=O) groups excluding carboxylic acids is 1. The highest BCUT2D eigenvalue weighted by Gasteiger charge is 2.33. The number of benzene rings is 3. The van der Waals surface area contributed by atoms with Gasteiger partial charge in [-0.1, -0.05) is 84.1 Å². The number of nitrogens with zero attached hydrogens (tertiary/aromatic N) is 1. The second-order valence-electron chi connectivity index (χ2n) is 6.67. The van der Waals surface area contributed by atoms with Crippen LogP contribution in [0.15, 0.2) is 83.8 Å². The van der Waals surface area contributed by atoms with Gasteiger partial charge in [-0.25, -0.2) is 0 Å². The lowest BCUT2D eigenvalue weighted by molar-refractivity contribution is -0.113. The van der Waals surface area contributed by atoms with Gasteiger partial charge in [0.25, 0.3) is 5.91 Å². The molecule has 0 atom stereocenters. The number of hydrogen-bond donors (Lipinski definition) is 0. The molecule has 1 aliphatic rings. The van der Waals surface area contributed by atoms with Gasteiger partial charge >= 0.3 is 0 Å². The molecule has 0 radical (unpaired) electrons. The van der Waals surface area contributed by atoms with Crippen LogP contribution in [0.4, 0.5) is 5.69 Å². The van der Waals surface area contributed by atoms with Crippen LogP contribution < -0.4 is 9.64 Å². The first-order chi connectivity index (χ1) is 14.1. The summed E-state index contributed by atoms with van der Waals surface area (Å²) in [5, 5.41) is 0. The third-order valence-electron chi connectivity index (χ3n) is 4.50. The van der Waals surface area contributed by atoms with Crippen LogP contribution in [-0.4, -0.2) is 10.2 Å².